The zero-order valence-corrected chi connectivity index (χ0v) is 17.0. The van der Waals surface area contributed by atoms with E-state index in [4.69, 9.17) is 5.73 Å². The third kappa shape index (κ3) is 6.30. The molecule has 134 valence electrons. The molecule has 0 saturated carbocycles. The summed E-state index contributed by atoms with van der Waals surface area (Å²) < 4.78 is 0. The monoisotopic (exact) mass is 444 g/mol. The molecule has 0 aromatic heterocycles. The van der Waals surface area contributed by atoms with Crippen LogP contribution in [0.2, 0.25) is 0 Å². The maximum Gasteiger partial charge on any atom is 0.251 e. The minimum Gasteiger partial charge on any atom is -0.370 e. The maximum absolute atomic E-state index is 12.0. The van der Waals surface area contributed by atoms with Crippen LogP contribution in [0.4, 0.5) is 0 Å². The van der Waals surface area contributed by atoms with E-state index in [-0.39, 0.29) is 35.9 Å². The second-order valence-corrected chi connectivity index (χ2v) is 6.20. The molecule has 1 aliphatic rings. The van der Waals surface area contributed by atoms with Crippen molar-refractivity contribution in [1.29, 1.82) is 0 Å². The quantitative estimate of drug-likeness (QED) is 0.417. The first kappa shape index (κ1) is 20.7. The smallest absolute Gasteiger partial charge is 0.251 e. The second kappa shape index (κ2) is 10.5. The fraction of sp³-hybridized carbons (Fsp3) is 0.556. The van der Waals surface area contributed by atoms with Crippen LogP contribution in [0.1, 0.15) is 55.5 Å². The van der Waals surface area contributed by atoms with E-state index in [2.05, 4.69) is 22.1 Å². The van der Waals surface area contributed by atoms with Gasteiger partial charge in [0, 0.05) is 24.7 Å². The molecule has 2 rings (SSSR count). The first-order chi connectivity index (χ1) is 11.1. The fourth-order valence-electron chi connectivity index (χ4n) is 2.57. The standard InChI is InChI=1S/C18H28N4O.HI/c1-3-14(2)21-17(23)16-9-7-15(8-10-16)13-20-18(19)22-11-5-4-6-12-22;/h7-10,14H,3-6,11-13H2,1-2H3,(H2,19,20)(H,21,23);1H. The number of carbonyl (C=O) groups is 1. The fourth-order valence-corrected chi connectivity index (χ4v) is 2.57. The highest BCUT2D eigenvalue weighted by Crippen LogP contribution is 2.10. The van der Waals surface area contributed by atoms with Gasteiger partial charge in [-0.3, -0.25) is 4.79 Å². The number of rotatable bonds is 5. The minimum absolute atomic E-state index is 0. The SMILES string of the molecule is CCC(C)NC(=O)c1ccc(CN=C(N)N2CCCCC2)cc1.I. The van der Waals surface area contributed by atoms with Crippen LogP contribution >= 0.6 is 24.0 Å². The van der Waals surface area contributed by atoms with Gasteiger partial charge in [0.05, 0.1) is 6.54 Å². The van der Waals surface area contributed by atoms with Gasteiger partial charge in [0.1, 0.15) is 0 Å². The summed E-state index contributed by atoms with van der Waals surface area (Å²) in [7, 11) is 0. The van der Waals surface area contributed by atoms with Crippen LogP contribution in [0.25, 0.3) is 0 Å². The summed E-state index contributed by atoms with van der Waals surface area (Å²) in [5.41, 5.74) is 7.80. The van der Waals surface area contributed by atoms with Crippen LogP contribution in [0.5, 0.6) is 0 Å². The van der Waals surface area contributed by atoms with E-state index in [0.717, 1.165) is 25.1 Å². The number of carbonyl (C=O) groups excluding carboxylic acids is 1. The highest BCUT2D eigenvalue weighted by atomic mass is 127. The average Bonchev–Trinajstić information content (AvgIpc) is 2.60. The van der Waals surface area contributed by atoms with Crippen LogP contribution in [-0.4, -0.2) is 35.9 Å². The van der Waals surface area contributed by atoms with Crippen molar-refractivity contribution in [3.05, 3.63) is 35.4 Å². The number of hydrogen-bond donors (Lipinski definition) is 2. The van der Waals surface area contributed by atoms with Crippen molar-refractivity contribution < 1.29 is 4.79 Å². The number of likely N-dealkylation sites (tertiary alicyclic amines) is 1. The van der Waals surface area contributed by atoms with Crippen molar-refractivity contribution in [2.75, 3.05) is 13.1 Å². The molecule has 1 saturated heterocycles. The third-order valence-corrected chi connectivity index (χ3v) is 4.31. The van der Waals surface area contributed by atoms with E-state index in [1.54, 1.807) is 0 Å². The molecule has 1 heterocycles. The minimum atomic E-state index is -0.0257. The lowest BCUT2D eigenvalue weighted by Gasteiger charge is -2.27. The Hall–Kier alpha value is -1.31. The largest absolute Gasteiger partial charge is 0.370 e. The zero-order chi connectivity index (χ0) is 16.7. The van der Waals surface area contributed by atoms with E-state index in [1.807, 2.05) is 31.2 Å². The van der Waals surface area contributed by atoms with Gasteiger partial charge in [-0.25, -0.2) is 4.99 Å². The van der Waals surface area contributed by atoms with E-state index >= 15 is 0 Å². The molecule has 0 spiro atoms. The maximum atomic E-state index is 12.0. The van der Waals surface area contributed by atoms with Gasteiger partial charge in [-0.2, -0.15) is 0 Å². The Morgan fingerprint density at radius 1 is 1.25 bits per heavy atom. The Balaban J connectivity index is 0.00000288. The first-order valence-electron chi connectivity index (χ1n) is 8.54. The highest BCUT2D eigenvalue weighted by molar-refractivity contribution is 14.0. The van der Waals surface area contributed by atoms with Gasteiger partial charge >= 0.3 is 0 Å². The van der Waals surface area contributed by atoms with Gasteiger partial charge in [-0.15, -0.1) is 24.0 Å². The van der Waals surface area contributed by atoms with Gasteiger partial charge in [-0.1, -0.05) is 19.1 Å². The Kier molecular flexibility index (Phi) is 9.10. The molecule has 1 fully saturated rings. The summed E-state index contributed by atoms with van der Waals surface area (Å²) in [5.74, 6) is 0.602. The predicted molar refractivity (Wildman–Crippen MR) is 110 cm³/mol. The number of hydrogen-bond acceptors (Lipinski definition) is 2. The number of benzene rings is 1. The van der Waals surface area contributed by atoms with Crippen molar-refractivity contribution >= 4 is 35.8 Å². The molecule has 1 aliphatic heterocycles. The summed E-state index contributed by atoms with van der Waals surface area (Å²) in [6.45, 7) is 6.62. The molecule has 0 radical (unpaired) electrons. The lowest BCUT2D eigenvalue weighted by molar-refractivity contribution is 0.0939. The molecule has 0 aliphatic carbocycles. The van der Waals surface area contributed by atoms with Gasteiger partial charge in [0.15, 0.2) is 5.96 Å². The van der Waals surface area contributed by atoms with Crippen LogP contribution in [0.3, 0.4) is 0 Å². The number of nitrogens with two attached hydrogens (primary N) is 1. The van der Waals surface area contributed by atoms with E-state index < -0.39 is 0 Å². The van der Waals surface area contributed by atoms with E-state index in [0.29, 0.717) is 18.1 Å². The average molecular weight is 444 g/mol. The molecule has 1 unspecified atom stereocenters. The van der Waals surface area contributed by atoms with Crippen molar-refractivity contribution in [2.24, 2.45) is 10.7 Å². The lowest BCUT2D eigenvalue weighted by Crippen LogP contribution is -2.40. The Labute approximate surface area is 162 Å². The van der Waals surface area contributed by atoms with Gasteiger partial charge in [-0.05, 0) is 50.3 Å². The molecule has 24 heavy (non-hydrogen) atoms. The normalized spacial score (nSPS) is 16.2. The molecule has 3 N–H and O–H groups in total. The molecule has 1 aromatic rings. The van der Waals surface area contributed by atoms with Crippen LogP contribution in [0.15, 0.2) is 29.3 Å². The molecular weight excluding hydrogens is 415 g/mol. The Morgan fingerprint density at radius 2 is 1.88 bits per heavy atom. The number of aliphatic imine (C=N–C) groups is 1. The van der Waals surface area contributed by atoms with Crippen molar-refractivity contribution in [2.45, 2.75) is 52.1 Å². The molecule has 1 aromatic carbocycles. The number of piperidine rings is 1. The van der Waals surface area contributed by atoms with Gasteiger partial charge in [0.2, 0.25) is 0 Å². The highest BCUT2D eigenvalue weighted by Gasteiger charge is 2.12. The molecule has 1 atom stereocenters. The summed E-state index contributed by atoms with van der Waals surface area (Å²) in [4.78, 5) is 18.7. The van der Waals surface area contributed by atoms with Gasteiger partial charge in [0.25, 0.3) is 5.91 Å². The van der Waals surface area contributed by atoms with Gasteiger partial charge < -0.3 is 16.0 Å². The van der Waals surface area contributed by atoms with Crippen molar-refractivity contribution in [1.82, 2.24) is 10.2 Å². The number of halogens is 1. The Bertz CT molecular complexity index is 538. The molecule has 6 heteroatoms. The number of guanidine groups is 1. The van der Waals surface area contributed by atoms with Crippen LogP contribution in [-0.2, 0) is 6.54 Å². The number of nitrogens with zero attached hydrogens (tertiary/aromatic N) is 2. The summed E-state index contributed by atoms with van der Waals surface area (Å²) >= 11 is 0. The number of amides is 1. The second-order valence-electron chi connectivity index (χ2n) is 6.20. The summed E-state index contributed by atoms with van der Waals surface area (Å²) in [6, 6.07) is 7.77. The lowest BCUT2D eigenvalue weighted by atomic mass is 10.1. The third-order valence-electron chi connectivity index (χ3n) is 4.31. The molecule has 0 bridgehead atoms. The first-order valence-corrected chi connectivity index (χ1v) is 8.54. The van der Waals surface area contributed by atoms with Crippen molar-refractivity contribution in [3.8, 4) is 0 Å². The van der Waals surface area contributed by atoms with E-state index in [1.165, 1.54) is 19.3 Å². The topological polar surface area (TPSA) is 70.7 Å². The van der Waals surface area contributed by atoms with Crippen LogP contribution in [0, 0.1) is 0 Å². The predicted octanol–water partition coefficient (Wildman–Crippen LogP) is 3.13. The summed E-state index contributed by atoms with van der Waals surface area (Å²) in [6.07, 6.45) is 4.59. The molecule has 5 nitrogen and oxygen atoms in total. The van der Waals surface area contributed by atoms with Crippen molar-refractivity contribution in [3.63, 3.8) is 0 Å². The molecular formula is C18H29IN4O. The van der Waals surface area contributed by atoms with Crippen LogP contribution < -0.4 is 11.1 Å². The number of nitrogens with one attached hydrogen (secondary N) is 1. The van der Waals surface area contributed by atoms with E-state index in [9.17, 15) is 4.79 Å². The Morgan fingerprint density at radius 3 is 2.46 bits per heavy atom. The zero-order valence-electron chi connectivity index (χ0n) is 14.6. The summed E-state index contributed by atoms with van der Waals surface area (Å²) in [5, 5.41) is 2.97. The molecule has 1 amide bonds.